The molecule has 0 fully saturated rings. The van der Waals surface area contributed by atoms with Crippen LogP contribution in [0.2, 0.25) is 0 Å². The van der Waals surface area contributed by atoms with Crippen molar-refractivity contribution >= 4 is 27.4 Å². The van der Waals surface area contributed by atoms with E-state index in [-0.39, 0.29) is 5.78 Å². The van der Waals surface area contributed by atoms with Crippen LogP contribution in [-0.2, 0) is 6.42 Å². The first-order valence-electron chi connectivity index (χ1n) is 6.00. The van der Waals surface area contributed by atoms with E-state index in [0.29, 0.717) is 23.4 Å². The Morgan fingerprint density at radius 1 is 1.21 bits per heavy atom. The summed E-state index contributed by atoms with van der Waals surface area (Å²) < 4.78 is 6.30. The molecule has 0 spiro atoms. The molecule has 2 aromatic rings. The van der Waals surface area contributed by atoms with E-state index < -0.39 is 0 Å². The third-order valence-electron chi connectivity index (χ3n) is 3.21. The van der Waals surface area contributed by atoms with Gasteiger partial charge in [-0.2, -0.15) is 0 Å². The lowest BCUT2D eigenvalue weighted by atomic mass is 9.99. The van der Waals surface area contributed by atoms with Gasteiger partial charge in [0.05, 0.1) is 6.61 Å². The number of fused-ring (bicyclic) bond motifs is 1. The van der Waals surface area contributed by atoms with Crippen molar-refractivity contribution in [2.45, 2.75) is 6.42 Å². The fourth-order valence-electron chi connectivity index (χ4n) is 2.22. The summed E-state index contributed by atoms with van der Waals surface area (Å²) in [5.74, 6) is 0.819. The molecule has 0 unspecified atom stereocenters. The normalized spacial score (nSPS) is 12.9. The maximum atomic E-state index is 12.4. The lowest BCUT2D eigenvalue weighted by Crippen LogP contribution is -2.05. The fraction of sp³-hybridized carbons (Fsp3) is 0.133. The smallest absolute Gasteiger partial charge is 0.195 e. The highest BCUT2D eigenvalue weighted by Gasteiger charge is 2.17. The van der Waals surface area contributed by atoms with E-state index in [9.17, 15) is 4.79 Å². The van der Waals surface area contributed by atoms with Gasteiger partial charge in [-0.25, -0.2) is 0 Å². The highest BCUT2D eigenvalue weighted by molar-refractivity contribution is 9.10. The Kier molecular flexibility index (Phi) is 3.03. The van der Waals surface area contributed by atoms with Crippen molar-refractivity contribution < 1.29 is 9.53 Å². The van der Waals surface area contributed by atoms with Crippen LogP contribution in [-0.4, -0.2) is 12.4 Å². The number of nitrogens with two attached hydrogens (primary N) is 1. The number of rotatable bonds is 2. The zero-order chi connectivity index (χ0) is 13.4. The van der Waals surface area contributed by atoms with Crippen LogP contribution < -0.4 is 10.5 Å². The van der Waals surface area contributed by atoms with Gasteiger partial charge >= 0.3 is 0 Å². The molecular formula is C15H12BrNO2. The van der Waals surface area contributed by atoms with E-state index in [4.69, 9.17) is 10.5 Å². The molecule has 0 atom stereocenters. The van der Waals surface area contributed by atoms with Gasteiger partial charge in [-0.05, 0) is 42.0 Å². The van der Waals surface area contributed by atoms with Crippen molar-refractivity contribution in [3.05, 3.63) is 57.6 Å². The zero-order valence-electron chi connectivity index (χ0n) is 10.2. The van der Waals surface area contributed by atoms with Crippen LogP contribution >= 0.6 is 15.9 Å². The van der Waals surface area contributed by atoms with Crippen LogP contribution in [0.3, 0.4) is 0 Å². The molecule has 1 heterocycles. The van der Waals surface area contributed by atoms with Gasteiger partial charge in [-0.3, -0.25) is 4.79 Å². The molecule has 3 nitrogen and oxygen atoms in total. The Bertz CT molecular complexity index is 667. The lowest BCUT2D eigenvalue weighted by molar-refractivity contribution is 0.103. The first-order chi connectivity index (χ1) is 9.15. The summed E-state index contributed by atoms with van der Waals surface area (Å²) in [7, 11) is 0. The summed E-state index contributed by atoms with van der Waals surface area (Å²) in [4.78, 5) is 12.4. The van der Waals surface area contributed by atoms with Gasteiger partial charge in [0.1, 0.15) is 5.75 Å². The second-order valence-corrected chi connectivity index (χ2v) is 5.40. The van der Waals surface area contributed by atoms with Crippen LogP contribution in [0.4, 0.5) is 5.69 Å². The zero-order valence-corrected chi connectivity index (χ0v) is 11.7. The average Bonchev–Trinajstić information content (AvgIpc) is 2.85. The van der Waals surface area contributed by atoms with Gasteiger partial charge in [-0.15, -0.1) is 0 Å². The second-order valence-electron chi connectivity index (χ2n) is 4.48. The van der Waals surface area contributed by atoms with Gasteiger partial charge in [0.2, 0.25) is 0 Å². The highest BCUT2D eigenvalue weighted by atomic mass is 79.9. The fourth-order valence-corrected chi connectivity index (χ4v) is 2.60. The van der Waals surface area contributed by atoms with Crippen molar-refractivity contribution in [1.82, 2.24) is 0 Å². The third kappa shape index (κ3) is 2.24. The molecule has 0 saturated carbocycles. The standard InChI is InChI=1S/C15H12BrNO2/c16-11-2-3-12(13(17)8-11)15(18)10-1-4-14-9(7-10)5-6-19-14/h1-4,7-8H,5-6,17H2. The van der Waals surface area contributed by atoms with Gasteiger partial charge in [0.15, 0.2) is 5.78 Å². The molecular weight excluding hydrogens is 306 g/mol. The summed E-state index contributed by atoms with van der Waals surface area (Å²) in [6.07, 6.45) is 0.853. The van der Waals surface area contributed by atoms with E-state index in [1.165, 1.54) is 0 Å². The minimum Gasteiger partial charge on any atom is -0.493 e. The molecule has 0 bridgehead atoms. The number of ketones is 1. The number of hydrogen-bond acceptors (Lipinski definition) is 3. The molecule has 0 saturated heterocycles. The highest BCUT2D eigenvalue weighted by Crippen LogP contribution is 2.28. The minimum atomic E-state index is -0.0558. The van der Waals surface area contributed by atoms with E-state index in [1.54, 1.807) is 18.2 Å². The number of anilines is 1. The molecule has 0 aromatic heterocycles. The maximum Gasteiger partial charge on any atom is 0.195 e. The van der Waals surface area contributed by atoms with Crippen molar-refractivity contribution in [1.29, 1.82) is 0 Å². The Morgan fingerprint density at radius 2 is 2.05 bits per heavy atom. The van der Waals surface area contributed by atoms with Gasteiger partial charge in [0, 0.05) is 27.7 Å². The number of carbonyl (C=O) groups is 1. The van der Waals surface area contributed by atoms with E-state index >= 15 is 0 Å². The van der Waals surface area contributed by atoms with Crippen LogP contribution in [0.5, 0.6) is 5.75 Å². The Labute approximate surface area is 119 Å². The summed E-state index contributed by atoms with van der Waals surface area (Å²) in [5.41, 5.74) is 8.65. The Balaban J connectivity index is 2.00. The molecule has 1 aliphatic rings. The van der Waals surface area contributed by atoms with Gasteiger partial charge < -0.3 is 10.5 Å². The first-order valence-corrected chi connectivity index (χ1v) is 6.80. The second kappa shape index (κ2) is 4.70. The van der Waals surface area contributed by atoms with Crippen molar-refractivity contribution in [2.24, 2.45) is 0 Å². The number of halogens is 1. The summed E-state index contributed by atoms with van der Waals surface area (Å²) in [6.45, 7) is 0.688. The largest absolute Gasteiger partial charge is 0.493 e. The molecule has 2 aromatic carbocycles. The molecule has 0 aliphatic carbocycles. The SMILES string of the molecule is Nc1cc(Br)ccc1C(=O)c1ccc2c(c1)CCO2. The molecule has 96 valence electrons. The molecule has 19 heavy (non-hydrogen) atoms. The maximum absolute atomic E-state index is 12.4. The molecule has 3 rings (SSSR count). The molecule has 0 amide bonds. The number of nitrogen functional groups attached to an aromatic ring is 1. The quantitative estimate of drug-likeness (QED) is 0.683. The Morgan fingerprint density at radius 3 is 2.84 bits per heavy atom. The van der Waals surface area contributed by atoms with Crippen molar-refractivity contribution in [2.75, 3.05) is 12.3 Å². The Hall–Kier alpha value is -1.81. The van der Waals surface area contributed by atoms with Gasteiger partial charge in [0.25, 0.3) is 0 Å². The first kappa shape index (κ1) is 12.2. The molecule has 0 radical (unpaired) electrons. The summed E-state index contributed by atoms with van der Waals surface area (Å²) in [6, 6.07) is 10.8. The number of ether oxygens (including phenoxy) is 1. The van der Waals surface area contributed by atoms with Crippen LogP contribution in [0.15, 0.2) is 40.9 Å². The molecule has 2 N–H and O–H groups in total. The van der Waals surface area contributed by atoms with Crippen LogP contribution in [0.1, 0.15) is 21.5 Å². The topological polar surface area (TPSA) is 52.3 Å². The van der Waals surface area contributed by atoms with Crippen LogP contribution in [0.25, 0.3) is 0 Å². The number of carbonyl (C=O) groups excluding carboxylic acids is 1. The van der Waals surface area contributed by atoms with Crippen molar-refractivity contribution in [3.63, 3.8) is 0 Å². The van der Waals surface area contributed by atoms with Gasteiger partial charge in [-0.1, -0.05) is 15.9 Å². The molecule has 4 heteroatoms. The third-order valence-corrected chi connectivity index (χ3v) is 3.70. The summed E-state index contributed by atoms with van der Waals surface area (Å²) in [5, 5.41) is 0. The monoisotopic (exact) mass is 317 g/mol. The number of hydrogen-bond donors (Lipinski definition) is 1. The van der Waals surface area contributed by atoms with E-state index in [2.05, 4.69) is 15.9 Å². The average molecular weight is 318 g/mol. The van der Waals surface area contributed by atoms with Crippen molar-refractivity contribution in [3.8, 4) is 5.75 Å². The number of benzene rings is 2. The lowest BCUT2D eigenvalue weighted by Gasteiger charge is -2.07. The van der Waals surface area contributed by atoms with E-state index in [0.717, 1.165) is 22.2 Å². The van der Waals surface area contributed by atoms with E-state index in [1.807, 2.05) is 18.2 Å². The predicted octanol–water partition coefficient (Wildman–Crippen LogP) is 3.20. The minimum absolute atomic E-state index is 0.0558. The van der Waals surface area contributed by atoms with Crippen LogP contribution in [0, 0.1) is 0 Å². The molecule has 1 aliphatic heterocycles. The summed E-state index contributed by atoms with van der Waals surface area (Å²) >= 11 is 3.33. The predicted molar refractivity (Wildman–Crippen MR) is 77.6 cm³/mol.